The molecular formula is C23H33ClN2O. The molecule has 0 spiro atoms. The fourth-order valence-corrected chi connectivity index (χ4v) is 5.42. The van der Waals surface area contributed by atoms with Gasteiger partial charge >= 0.3 is 0 Å². The molecule has 27 heavy (non-hydrogen) atoms. The van der Waals surface area contributed by atoms with Crippen LogP contribution in [0.1, 0.15) is 80.1 Å². The van der Waals surface area contributed by atoms with Gasteiger partial charge in [0.2, 0.25) is 0 Å². The first-order valence-corrected chi connectivity index (χ1v) is 11.3. The zero-order valence-corrected chi connectivity index (χ0v) is 17.1. The highest BCUT2D eigenvalue weighted by Gasteiger charge is 2.39. The largest absolute Gasteiger partial charge is 0.351 e. The summed E-state index contributed by atoms with van der Waals surface area (Å²) in [7, 11) is 0. The van der Waals surface area contributed by atoms with Crippen molar-refractivity contribution < 1.29 is 4.79 Å². The molecule has 1 amide bonds. The average molecular weight is 389 g/mol. The van der Waals surface area contributed by atoms with Crippen molar-refractivity contribution in [3.63, 3.8) is 0 Å². The molecule has 2 bridgehead atoms. The van der Waals surface area contributed by atoms with E-state index in [0.29, 0.717) is 16.0 Å². The van der Waals surface area contributed by atoms with Gasteiger partial charge in [0.1, 0.15) is 0 Å². The lowest BCUT2D eigenvalue weighted by Crippen LogP contribution is -2.43. The number of hydrogen-bond donors (Lipinski definition) is 2. The number of fused-ring (bicyclic) bond motifs is 2. The van der Waals surface area contributed by atoms with Gasteiger partial charge in [-0.15, -0.1) is 0 Å². The zero-order chi connectivity index (χ0) is 18.7. The first-order valence-electron chi connectivity index (χ1n) is 10.9. The van der Waals surface area contributed by atoms with E-state index in [0.717, 1.165) is 37.9 Å². The fourth-order valence-electron chi connectivity index (χ4n) is 5.22. The number of carbonyl (C=O) groups excluding carboxylic acids is 1. The van der Waals surface area contributed by atoms with Crippen LogP contribution in [0.2, 0.25) is 5.02 Å². The predicted molar refractivity (Wildman–Crippen MR) is 111 cm³/mol. The van der Waals surface area contributed by atoms with Crippen molar-refractivity contribution in [3.05, 3.63) is 34.3 Å². The van der Waals surface area contributed by atoms with Crippen molar-refractivity contribution >= 4 is 17.5 Å². The highest BCUT2D eigenvalue weighted by molar-refractivity contribution is 6.33. The Kier molecular flexibility index (Phi) is 6.08. The Labute approximate surface area is 168 Å². The van der Waals surface area contributed by atoms with E-state index in [9.17, 15) is 4.79 Å². The molecule has 2 N–H and O–H groups in total. The zero-order valence-electron chi connectivity index (χ0n) is 16.4. The fraction of sp³-hybridized carbons (Fsp3) is 0.696. The molecule has 0 heterocycles. The number of hydrogen-bond acceptors (Lipinski definition) is 2. The van der Waals surface area contributed by atoms with Crippen LogP contribution in [0.25, 0.3) is 0 Å². The molecule has 1 aromatic rings. The summed E-state index contributed by atoms with van der Waals surface area (Å²) in [6.45, 7) is 1.87. The summed E-state index contributed by atoms with van der Waals surface area (Å²) in [4.78, 5) is 12.8. The molecule has 0 aliphatic heterocycles. The van der Waals surface area contributed by atoms with Crippen molar-refractivity contribution in [3.8, 4) is 0 Å². The minimum Gasteiger partial charge on any atom is -0.351 e. The third-order valence-electron chi connectivity index (χ3n) is 6.91. The monoisotopic (exact) mass is 388 g/mol. The summed E-state index contributed by atoms with van der Waals surface area (Å²) >= 11 is 6.35. The molecule has 4 rings (SSSR count). The molecule has 3 aliphatic rings. The van der Waals surface area contributed by atoms with Crippen molar-refractivity contribution in [2.75, 3.05) is 13.1 Å². The Balaban J connectivity index is 1.32. The molecule has 0 atom stereocenters. The van der Waals surface area contributed by atoms with E-state index in [2.05, 4.69) is 16.7 Å². The van der Waals surface area contributed by atoms with Crippen molar-refractivity contribution in [2.24, 2.45) is 11.3 Å². The minimum absolute atomic E-state index is 0.0000253. The maximum Gasteiger partial charge on any atom is 0.252 e. The smallest absolute Gasteiger partial charge is 0.252 e. The normalized spacial score (nSPS) is 27.4. The van der Waals surface area contributed by atoms with Crippen molar-refractivity contribution in [2.45, 2.75) is 76.7 Å². The van der Waals surface area contributed by atoms with Gasteiger partial charge in [0.25, 0.3) is 5.91 Å². The van der Waals surface area contributed by atoms with Crippen LogP contribution < -0.4 is 10.6 Å². The number of aryl methyl sites for hydroxylation is 1. The van der Waals surface area contributed by atoms with E-state index in [-0.39, 0.29) is 5.91 Å². The van der Waals surface area contributed by atoms with Crippen molar-refractivity contribution in [1.82, 2.24) is 10.6 Å². The Morgan fingerprint density at radius 2 is 1.93 bits per heavy atom. The van der Waals surface area contributed by atoms with E-state index >= 15 is 0 Å². The molecule has 0 radical (unpaired) electrons. The maximum atomic E-state index is 12.8. The van der Waals surface area contributed by atoms with Crippen LogP contribution in [-0.4, -0.2) is 25.0 Å². The molecule has 3 saturated carbocycles. The topological polar surface area (TPSA) is 41.1 Å². The second-order valence-corrected chi connectivity index (χ2v) is 9.59. The quantitative estimate of drug-likeness (QED) is 0.607. The van der Waals surface area contributed by atoms with Gasteiger partial charge in [0.05, 0.1) is 10.6 Å². The predicted octanol–water partition coefficient (Wildman–Crippen LogP) is 5.11. The number of carbonyl (C=O) groups is 1. The SMILES string of the molecule is O=C(NCC12CCCC(CCC1)C2)c1cc(CCCNC2CC2)ccc1Cl. The van der Waals surface area contributed by atoms with Crippen LogP contribution in [0.3, 0.4) is 0 Å². The third kappa shape index (κ3) is 5.06. The molecule has 0 unspecified atom stereocenters. The van der Waals surface area contributed by atoms with Crippen LogP contribution in [0.4, 0.5) is 0 Å². The number of benzene rings is 1. The van der Waals surface area contributed by atoms with E-state index < -0.39 is 0 Å². The summed E-state index contributed by atoms with van der Waals surface area (Å²) in [6.07, 6.45) is 14.0. The molecule has 0 saturated heterocycles. The van der Waals surface area contributed by atoms with Gasteiger partial charge in [0, 0.05) is 12.6 Å². The summed E-state index contributed by atoms with van der Waals surface area (Å²) in [6, 6.07) is 6.70. The van der Waals surface area contributed by atoms with Gasteiger partial charge in [-0.1, -0.05) is 43.4 Å². The number of nitrogens with one attached hydrogen (secondary N) is 2. The first-order chi connectivity index (χ1) is 13.1. The minimum atomic E-state index is 0.0000253. The van der Waals surface area contributed by atoms with Crippen LogP contribution in [0, 0.1) is 11.3 Å². The van der Waals surface area contributed by atoms with E-state index in [1.54, 1.807) is 0 Å². The molecule has 3 nitrogen and oxygen atoms in total. The highest BCUT2D eigenvalue weighted by atomic mass is 35.5. The second kappa shape index (κ2) is 8.53. The van der Waals surface area contributed by atoms with Crippen LogP contribution >= 0.6 is 11.6 Å². The molecule has 148 valence electrons. The maximum absolute atomic E-state index is 12.8. The van der Waals surface area contributed by atoms with Gasteiger partial charge in [-0.05, 0) is 80.5 Å². The molecular weight excluding hydrogens is 356 g/mol. The average Bonchev–Trinajstić information content (AvgIpc) is 3.49. The Morgan fingerprint density at radius 3 is 2.67 bits per heavy atom. The summed E-state index contributed by atoms with van der Waals surface area (Å²) in [5, 5.41) is 7.35. The van der Waals surface area contributed by atoms with Gasteiger partial charge in [-0.3, -0.25) is 4.79 Å². The standard InChI is InChI=1S/C23H33ClN2O/c24-21-10-7-17(6-3-13-25-19-8-9-19)14-20(21)22(27)26-16-23-11-1-4-18(15-23)5-2-12-23/h7,10,14,18-19,25H,1-6,8-9,11-13,15-16H2,(H,26,27). The van der Waals surface area contributed by atoms with Crippen LogP contribution in [0.5, 0.6) is 0 Å². The summed E-state index contributed by atoms with van der Waals surface area (Å²) < 4.78 is 0. The Bertz CT molecular complexity index is 660. The number of halogens is 1. The molecule has 1 aromatic carbocycles. The van der Waals surface area contributed by atoms with E-state index in [1.165, 1.54) is 63.4 Å². The highest BCUT2D eigenvalue weighted by Crippen LogP contribution is 2.48. The van der Waals surface area contributed by atoms with E-state index in [1.807, 2.05) is 12.1 Å². The molecule has 0 aromatic heterocycles. The van der Waals surface area contributed by atoms with Crippen LogP contribution in [-0.2, 0) is 6.42 Å². The second-order valence-electron chi connectivity index (χ2n) is 9.18. The van der Waals surface area contributed by atoms with Gasteiger partial charge in [-0.2, -0.15) is 0 Å². The molecule has 3 fully saturated rings. The summed E-state index contributed by atoms with van der Waals surface area (Å²) in [5.74, 6) is 0.889. The van der Waals surface area contributed by atoms with Gasteiger partial charge in [0.15, 0.2) is 0 Å². The summed E-state index contributed by atoms with van der Waals surface area (Å²) in [5.41, 5.74) is 2.19. The molecule has 3 aliphatic carbocycles. The Hall–Kier alpha value is -1.06. The lowest BCUT2D eigenvalue weighted by atomic mass is 9.62. The number of rotatable bonds is 8. The van der Waals surface area contributed by atoms with E-state index in [4.69, 9.17) is 11.6 Å². The lowest BCUT2D eigenvalue weighted by Gasteiger charge is -2.45. The van der Waals surface area contributed by atoms with Gasteiger partial charge < -0.3 is 10.6 Å². The number of amides is 1. The first kappa shape index (κ1) is 19.3. The lowest BCUT2D eigenvalue weighted by molar-refractivity contribution is 0.0682. The van der Waals surface area contributed by atoms with Crippen LogP contribution in [0.15, 0.2) is 18.2 Å². The third-order valence-corrected chi connectivity index (χ3v) is 7.24. The Morgan fingerprint density at radius 1 is 1.15 bits per heavy atom. The molecule has 4 heteroatoms. The van der Waals surface area contributed by atoms with Gasteiger partial charge in [-0.25, -0.2) is 0 Å². The van der Waals surface area contributed by atoms with Crippen molar-refractivity contribution in [1.29, 1.82) is 0 Å².